The van der Waals surface area contributed by atoms with E-state index in [4.69, 9.17) is 23.2 Å². The Morgan fingerprint density at radius 1 is 0.667 bits per heavy atom. The number of nitrogens with zero attached hydrogens (tertiary/aromatic N) is 1. The number of rotatable bonds is 18. The molecule has 0 saturated heterocycles. The molecule has 0 aromatic heterocycles. The number of hydrogen-bond acceptors (Lipinski definition) is 1. The summed E-state index contributed by atoms with van der Waals surface area (Å²) in [4.78, 5) is 13.8. The number of amides is 1. The topological polar surface area (TPSA) is 20.3 Å². The van der Waals surface area contributed by atoms with Gasteiger partial charge in [-0.3, -0.25) is 4.79 Å². The van der Waals surface area contributed by atoms with E-state index in [1.807, 2.05) is 0 Å². The Bertz CT molecular complexity index is 268. The first-order valence-electron chi connectivity index (χ1n) is 10.2. The van der Waals surface area contributed by atoms with E-state index in [9.17, 15) is 4.79 Å². The molecule has 0 N–H and O–H groups in total. The Morgan fingerprint density at radius 2 is 1.04 bits per heavy atom. The van der Waals surface area contributed by atoms with Crippen molar-refractivity contribution in [3.05, 3.63) is 0 Å². The summed E-state index contributed by atoms with van der Waals surface area (Å²) in [6.07, 6.45) is 17.9. The molecule has 2 nitrogen and oxygen atoms in total. The lowest BCUT2D eigenvalue weighted by Gasteiger charge is -2.20. The first-order chi connectivity index (χ1) is 11.8. The lowest BCUT2D eigenvalue weighted by Crippen LogP contribution is -2.34. The molecule has 0 aliphatic heterocycles. The fourth-order valence-corrected chi connectivity index (χ4v) is 3.43. The number of hydrogen-bond donors (Lipinski definition) is 0. The highest BCUT2D eigenvalue weighted by Crippen LogP contribution is 2.13. The van der Waals surface area contributed by atoms with Gasteiger partial charge in [-0.15, -0.1) is 23.2 Å². The fraction of sp³-hybridized carbons (Fsp3) is 0.950. The van der Waals surface area contributed by atoms with Crippen molar-refractivity contribution in [3.63, 3.8) is 0 Å². The summed E-state index contributed by atoms with van der Waals surface area (Å²) in [6.45, 7) is 3.50. The summed E-state index contributed by atoms with van der Waals surface area (Å²) in [5, 5.41) is 0. The molecule has 144 valence electrons. The normalized spacial score (nSPS) is 11.0. The molecule has 0 saturated carbocycles. The second-order valence-electron chi connectivity index (χ2n) is 6.75. The molecule has 0 heterocycles. The Labute approximate surface area is 160 Å². The molecule has 0 aliphatic rings. The molecule has 0 bridgehead atoms. The molecular formula is C20H39Cl2NO. The zero-order chi connectivity index (χ0) is 17.9. The van der Waals surface area contributed by atoms with Crippen LogP contribution in [0.3, 0.4) is 0 Å². The van der Waals surface area contributed by atoms with E-state index in [1.165, 1.54) is 77.0 Å². The first kappa shape index (κ1) is 24.1. The van der Waals surface area contributed by atoms with Gasteiger partial charge in [0.2, 0.25) is 5.91 Å². The van der Waals surface area contributed by atoms with Gasteiger partial charge in [-0.1, -0.05) is 84.0 Å². The van der Waals surface area contributed by atoms with Gasteiger partial charge in [0.25, 0.3) is 0 Å². The standard InChI is InChI=1S/C20H39Cl2NO/c1-2-3-4-5-6-7-8-9-10-11-12-13-14-15-20(24)23(18-16-21)19-17-22/h2-19H2,1H3. The van der Waals surface area contributed by atoms with E-state index < -0.39 is 0 Å². The highest BCUT2D eigenvalue weighted by atomic mass is 35.5. The van der Waals surface area contributed by atoms with Gasteiger partial charge in [-0.25, -0.2) is 0 Å². The van der Waals surface area contributed by atoms with Crippen LogP contribution in [0.4, 0.5) is 0 Å². The van der Waals surface area contributed by atoms with Gasteiger partial charge < -0.3 is 4.90 Å². The quantitative estimate of drug-likeness (QED) is 0.190. The van der Waals surface area contributed by atoms with Crippen molar-refractivity contribution in [1.29, 1.82) is 0 Å². The fourth-order valence-electron chi connectivity index (χ4n) is 3.02. The second-order valence-corrected chi connectivity index (χ2v) is 7.51. The molecule has 0 rings (SSSR count). The maximum absolute atomic E-state index is 12.0. The lowest BCUT2D eigenvalue weighted by molar-refractivity contribution is -0.130. The number of carbonyl (C=O) groups is 1. The van der Waals surface area contributed by atoms with Gasteiger partial charge in [-0.05, 0) is 6.42 Å². The largest absolute Gasteiger partial charge is 0.340 e. The smallest absolute Gasteiger partial charge is 0.222 e. The van der Waals surface area contributed by atoms with E-state index in [0.29, 0.717) is 31.3 Å². The van der Waals surface area contributed by atoms with Gasteiger partial charge in [0.1, 0.15) is 0 Å². The van der Waals surface area contributed by atoms with Gasteiger partial charge >= 0.3 is 0 Å². The Kier molecular flexibility index (Phi) is 19.4. The van der Waals surface area contributed by atoms with E-state index in [0.717, 1.165) is 6.42 Å². The van der Waals surface area contributed by atoms with Crippen molar-refractivity contribution >= 4 is 29.1 Å². The summed E-state index contributed by atoms with van der Waals surface area (Å²) in [6, 6.07) is 0. The van der Waals surface area contributed by atoms with Crippen molar-refractivity contribution in [3.8, 4) is 0 Å². The van der Waals surface area contributed by atoms with Crippen molar-refractivity contribution in [2.24, 2.45) is 0 Å². The maximum Gasteiger partial charge on any atom is 0.222 e. The Morgan fingerprint density at radius 3 is 1.42 bits per heavy atom. The van der Waals surface area contributed by atoms with Crippen LogP contribution >= 0.6 is 23.2 Å². The summed E-state index contributed by atoms with van der Waals surface area (Å²) in [5.74, 6) is 1.18. The molecule has 0 radical (unpaired) electrons. The van der Waals surface area contributed by atoms with Gasteiger partial charge in [0.15, 0.2) is 0 Å². The minimum absolute atomic E-state index is 0.208. The van der Waals surface area contributed by atoms with E-state index in [1.54, 1.807) is 4.90 Å². The maximum atomic E-state index is 12.0. The summed E-state index contributed by atoms with van der Waals surface area (Å²) in [7, 11) is 0. The number of unbranched alkanes of at least 4 members (excludes halogenated alkanes) is 12. The number of alkyl halides is 2. The summed E-state index contributed by atoms with van der Waals surface area (Å²) in [5.41, 5.74) is 0. The van der Waals surface area contributed by atoms with Crippen LogP contribution in [0.2, 0.25) is 0 Å². The van der Waals surface area contributed by atoms with Crippen LogP contribution in [0.25, 0.3) is 0 Å². The lowest BCUT2D eigenvalue weighted by atomic mass is 10.0. The number of carbonyl (C=O) groups excluding carboxylic acids is 1. The first-order valence-corrected chi connectivity index (χ1v) is 11.2. The van der Waals surface area contributed by atoms with Crippen LogP contribution in [0.15, 0.2) is 0 Å². The number of halogens is 2. The zero-order valence-corrected chi connectivity index (χ0v) is 17.4. The van der Waals surface area contributed by atoms with Crippen LogP contribution in [0, 0.1) is 0 Å². The van der Waals surface area contributed by atoms with Crippen LogP contribution in [-0.4, -0.2) is 35.7 Å². The molecule has 0 aliphatic carbocycles. The molecule has 1 amide bonds. The molecule has 0 aromatic rings. The molecule has 0 atom stereocenters. The van der Waals surface area contributed by atoms with E-state index in [-0.39, 0.29) is 5.91 Å². The van der Waals surface area contributed by atoms with Crippen LogP contribution in [0.1, 0.15) is 96.8 Å². The van der Waals surface area contributed by atoms with E-state index in [2.05, 4.69) is 6.92 Å². The van der Waals surface area contributed by atoms with Crippen molar-refractivity contribution in [2.45, 2.75) is 96.8 Å². The molecule has 24 heavy (non-hydrogen) atoms. The van der Waals surface area contributed by atoms with Crippen LogP contribution in [-0.2, 0) is 4.79 Å². The molecule has 0 aromatic carbocycles. The van der Waals surface area contributed by atoms with E-state index >= 15 is 0 Å². The zero-order valence-electron chi connectivity index (χ0n) is 15.8. The third kappa shape index (κ3) is 15.6. The third-order valence-corrected chi connectivity index (χ3v) is 4.89. The average molecular weight is 380 g/mol. The van der Waals surface area contributed by atoms with Gasteiger partial charge in [-0.2, -0.15) is 0 Å². The minimum atomic E-state index is 0.208. The molecule has 4 heteroatoms. The van der Waals surface area contributed by atoms with Gasteiger partial charge in [0.05, 0.1) is 0 Å². The predicted octanol–water partition coefficient (Wildman–Crippen LogP) is 6.77. The third-order valence-electron chi connectivity index (χ3n) is 4.56. The second kappa shape index (κ2) is 19.4. The predicted molar refractivity (Wildman–Crippen MR) is 108 cm³/mol. The van der Waals surface area contributed by atoms with Gasteiger partial charge in [0, 0.05) is 31.3 Å². The Hall–Kier alpha value is 0.0500. The summed E-state index contributed by atoms with van der Waals surface area (Å²) >= 11 is 11.5. The van der Waals surface area contributed by atoms with Crippen LogP contribution < -0.4 is 0 Å². The SMILES string of the molecule is CCCCCCCCCCCCCCCC(=O)N(CCCl)CCCl. The Balaban J connectivity index is 3.33. The highest BCUT2D eigenvalue weighted by Gasteiger charge is 2.11. The molecule has 0 fully saturated rings. The minimum Gasteiger partial charge on any atom is -0.340 e. The molecule has 0 unspecified atom stereocenters. The van der Waals surface area contributed by atoms with Crippen molar-refractivity contribution in [1.82, 2.24) is 4.90 Å². The molecular weight excluding hydrogens is 341 g/mol. The van der Waals surface area contributed by atoms with Crippen molar-refractivity contribution < 1.29 is 4.79 Å². The monoisotopic (exact) mass is 379 g/mol. The summed E-state index contributed by atoms with van der Waals surface area (Å²) < 4.78 is 0. The average Bonchev–Trinajstić information content (AvgIpc) is 2.58. The molecule has 0 spiro atoms. The highest BCUT2D eigenvalue weighted by molar-refractivity contribution is 6.18. The van der Waals surface area contributed by atoms with Crippen molar-refractivity contribution in [2.75, 3.05) is 24.8 Å². The van der Waals surface area contributed by atoms with Crippen LogP contribution in [0.5, 0.6) is 0 Å².